The number of rotatable bonds is 3. The highest BCUT2D eigenvalue weighted by Gasteiger charge is 2.20. The van der Waals surface area contributed by atoms with Crippen LogP contribution in [0.2, 0.25) is 0 Å². The van der Waals surface area contributed by atoms with Crippen LogP contribution in [0, 0.1) is 5.82 Å². The van der Waals surface area contributed by atoms with Crippen molar-refractivity contribution < 1.29 is 18.8 Å². The van der Waals surface area contributed by atoms with Crippen LogP contribution in [-0.4, -0.2) is 16.2 Å². The highest BCUT2D eigenvalue weighted by molar-refractivity contribution is 5.88. The second-order valence-electron chi connectivity index (χ2n) is 3.50. The van der Waals surface area contributed by atoms with Gasteiger partial charge in [-0.2, -0.15) is 0 Å². The summed E-state index contributed by atoms with van der Waals surface area (Å²) in [4.78, 5) is 10.9. The van der Waals surface area contributed by atoms with Crippen molar-refractivity contribution in [3.63, 3.8) is 0 Å². The highest BCUT2D eigenvalue weighted by Crippen LogP contribution is 2.26. The molecule has 88 valence electrons. The van der Waals surface area contributed by atoms with Gasteiger partial charge in [0.2, 0.25) is 5.76 Å². The third-order valence-electron chi connectivity index (χ3n) is 2.45. The molecule has 0 atom stereocenters. The molecule has 0 saturated heterocycles. The number of carboxylic acid groups (broad SMARTS) is 1. The molecular formula is C12H10FNO3. The molecule has 0 aliphatic carbocycles. The SMILES string of the molecule is CCc1c(-c2ccc(F)cc2)noc1C(=O)O. The zero-order chi connectivity index (χ0) is 12.4. The van der Waals surface area contributed by atoms with Crippen LogP contribution in [0.5, 0.6) is 0 Å². The Morgan fingerprint density at radius 1 is 1.41 bits per heavy atom. The number of halogens is 1. The number of aromatic nitrogens is 1. The summed E-state index contributed by atoms with van der Waals surface area (Å²) in [5.74, 6) is -1.66. The maximum Gasteiger partial charge on any atom is 0.375 e. The second-order valence-corrected chi connectivity index (χ2v) is 3.50. The minimum atomic E-state index is -1.15. The van der Waals surface area contributed by atoms with Crippen LogP contribution in [0.1, 0.15) is 23.0 Å². The zero-order valence-corrected chi connectivity index (χ0v) is 9.11. The maximum absolute atomic E-state index is 12.8. The van der Waals surface area contributed by atoms with E-state index in [0.717, 1.165) is 0 Å². The Bertz CT molecular complexity index is 545. The maximum atomic E-state index is 12.8. The smallest absolute Gasteiger partial charge is 0.375 e. The van der Waals surface area contributed by atoms with Gasteiger partial charge in [-0.25, -0.2) is 9.18 Å². The lowest BCUT2D eigenvalue weighted by molar-refractivity contribution is 0.0650. The molecule has 0 spiro atoms. The van der Waals surface area contributed by atoms with Gasteiger partial charge < -0.3 is 9.63 Å². The zero-order valence-electron chi connectivity index (χ0n) is 9.11. The molecule has 1 N–H and O–H groups in total. The van der Waals surface area contributed by atoms with Crippen LogP contribution in [0.4, 0.5) is 4.39 Å². The molecule has 5 heteroatoms. The van der Waals surface area contributed by atoms with Gasteiger partial charge in [0.1, 0.15) is 11.5 Å². The summed E-state index contributed by atoms with van der Waals surface area (Å²) in [6, 6.07) is 5.67. The number of carboxylic acids is 1. The number of aromatic carboxylic acids is 1. The van der Waals surface area contributed by atoms with E-state index >= 15 is 0 Å². The fourth-order valence-corrected chi connectivity index (χ4v) is 1.64. The summed E-state index contributed by atoms with van der Waals surface area (Å²) < 4.78 is 17.6. The van der Waals surface area contributed by atoms with E-state index in [1.54, 1.807) is 0 Å². The Morgan fingerprint density at radius 2 is 2.06 bits per heavy atom. The molecule has 17 heavy (non-hydrogen) atoms. The molecule has 0 amide bonds. The fraction of sp³-hybridized carbons (Fsp3) is 0.167. The third kappa shape index (κ3) is 2.04. The summed E-state index contributed by atoms with van der Waals surface area (Å²) in [7, 11) is 0. The molecule has 2 rings (SSSR count). The van der Waals surface area contributed by atoms with Crippen molar-refractivity contribution in [1.29, 1.82) is 0 Å². The molecule has 1 heterocycles. The Hall–Kier alpha value is -2.17. The van der Waals surface area contributed by atoms with Crippen LogP contribution in [-0.2, 0) is 6.42 Å². The Balaban J connectivity index is 2.52. The summed E-state index contributed by atoms with van der Waals surface area (Å²) in [5.41, 5.74) is 1.61. The van der Waals surface area contributed by atoms with E-state index in [2.05, 4.69) is 5.16 Å². The largest absolute Gasteiger partial charge is 0.475 e. The van der Waals surface area contributed by atoms with Crippen LogP contribution in [0.3, 0.4) is 0 Å². The van der Waals surface area contributed by atoms with Crippen molar-refractivity contribution >= 4 is 5.97 Å². The predicted octanol–water partition coefficient (Wildman–Crippen LogP) is 2.74. The van der Waals surface area contributed by atoms with E-state index in [0.29, 0.717) is 23.2 Å². The molecule has 0 unspecified atom stereocenters. The monoisotopic (exact) mass is 235 g/mol. The second kappa shape index (κ2) is 4.37. The van der Waals surface area contributed by atoms with Gasteiger partial charge in [-0.15, -0.1) is 0 Å². The number of carbonyl (C=O) groups is 1. The van der Waals surface area contributed by atoms with Crippen molar-refractivity contribution in [2.45, 2.75) is 13.3 Å². The lowest BCUT2D eigenvalue weighted by Gasteiger charge is -1.99. The number of nitrogens with zero attached hydrogens (tertiary/aromatic N) is 1. The molecule has 0 aliphatic heterocycles. The van der Waals surface area contributed by atoms with Gasteiger partial charge >= 0.3 is 5.97 Å². The first-order chi connectivity index (χ1) is 8.13. The van der Waals surface area contributed by atoms with E-state index in [4.69, 9.17) is 9.63 Å². The quantitative estimate of drug-likeness (QED) is 0.888. The summed E-state index contributed by atoms with van der Waals surface area (Å²) in [6.07, 6.45) is 0.484. The molecule has 2 aromatic rings. The van der Waals surface area contributed by atoms with E-state index in [1.807, 2.05) is 6.92 Å². The fourth-order valence-electron chi connectivity index (χ4n) is 1.64. The average molecular weight is 235 g/mol. The van der Waals surface area contributed by atoms with Crippen LogP contribution in [0.25, 0.3) is 11.3 Å². The third-order valence-corrected chi connectivity index (χ3v) is 2.45. The van der Waals surface area contributed by atoms with Gasteiger partial charge in [0, 0.05) is 11.1 Å². The molecule has 0 fully saturated rings. The predicted molar refractivity (Wildman–Crippen MR) is 58.2 cm³/mol. The minimum Gasteiger partial charge on any atom is -0.475 e. The minimum absolute atomic E-state index is 0.160. The van der Waals surface area contributed by atoms with Crippen LogP contribution < -0.4 is 0 Å². The topological polar surface area (TPSA) is 63.3 Å². The van der Waals surface area contributed by atoms with Gasteiger partial charge in [0.25, 0.3) is 0 Å². The van der Waals surface area contributed by atoms with E-state index in [-0.39, 0.29) is 11.6 Å². The normalized spacial score (nSPS) is 10.5. The first-order valence-electron chi connectivity index (χ1n) is 5.11. The van der Waals surface area contributed by atoms with Gasteiger partial charge in [0.15, 0.2) is 0 Å². The first kappa shape index (κ1) is 11.3. The van der Waals surface area contributed by atoms with Crippen LogP contribution in [0.15, 0.2) is 28.8 Å². The van der Waals surface area contributed by atoms with E-state index in [1.165, 1.54) is 24.3 Å². The molecule has 1 aromatic heterocycles. The van der Waals surface area contributed by atoms with Crippen molar-refractivity contribution in [1.82, 2.24) is 5.16 Å². The lowest BCUT2D eigenvalue weighted by Crippen LogP contribution is -1.98. The molecular weight excluding hydrogens is 225 g/mol. The first-order valence-corrected chi connectivity index (χ1v) is 5.11. The summed E-state index contributed by atoms with van der Waals surface area (Å²) in [6.45, 7) is 1.81. The van der Waals surface area contributed by atoms with E-state index in [9.17, 15) is 9.18 Å². The van der Waals surface area contributed by atoms with Crippen LogP contribution >= 0.6 is 0 Å². The summed E-state index contributed by atoms with van der Waals surface area (Å²) in [5, 5.41) is 12.6. The van der Waals surface area contributed by atoms with Gasteiger partial charge in [0.05, 0.1) is 0 Å². The molecule has 0 bridgehead atoms. The lowest BCUT2D eigenvalue weighted by atomic mass is 10.0. The number of hydrogen-bond donors (Lipinski definition) is 1. The van der Waals surface area contributed by atoms with Crippen molar-refractivity contribution in [2.24, 2.45) is 0 Å². The van der Waals surface area contributed by atoms with Crippen molar-refractivity contribution in [3.8, 4) is 11.3 Å². The molecule has 0 saturated carbocycles. The number of hydrogen-bond acceptors (Lipinski definition) is 3. The Morgan fingerprint density at radius 3 is 2.59 bits per heavy atom. The van der Waals surface area contributed by atoms with Gasteiger partial charge in [-0.1, -0.05) is 12.1 Å². The Labute approximate surface area is 96.7 Å². The standard InChI is InChI=1S/C12H10FNO3/c1-2-9-10(14-17-11(9)12(15)16)7-3-5-8(13)6-4-7/h3-6H,2H2,1H3,(H,15,16). The average Bonchev–Trinajstić information content (AvgIpc) is 2.73. The summed E-state index contributed by atoms with van der Waals surface area (Å²) >= 11 is 0. The van der Waals surface area contributed by atoms with Gasteiger partial charge in [-0.05, 0) is 30.7 Å². The molecule has 1 aromatic carbocycles. The van der Waals surface area contributed by atoms with Gasteiger partial charge in [-0.3, -0.25) is 0 Å². The number of benzene rings is 1. The molecule has 0 aliphatic rings. The Kier molecular flexibility index (Phi) is 2.91. The van der Waals surface area contributed by atoms with Crippen molar-refractivity contribution in [3.05, 3.63) is 41.4 Å². The molecule has 0 radical (unpaired) electrons. The highest BCUT2D eigenvalue weighted by atomic mass is 19.1. The van der Waals surface area contributed by atoms with Crippen molar-refractivity contribution in [2.75, 3.05) is 0 Å². The molecule has 4 nitrogen and oxygen atoms in total. The van der Waals surface area contributed by atoms with E-state index < -0.39 is 5.97 Å².